The van der Waals surface area contributed by atoms with Gasteiger partial charge in [0.05, 0.1) is 22.3 Å². The molecular weight excluding hydrogens is 464 g/mol. The first kappa shape index (κ1) is 26.6. The summed E-state index contributed by atoms with van der Waals surface area (Å²) in [4.78, 5) is 10.1. The lowest BCUT2D eigenvalue weighted by Gasteiger charge is -2.44. The van der Waals surface area contributed by atoms with Crippen LogP contribution in [0, 0.1) is 12.8 Å². The van der Waals surface area contributed by atoms with Crippen LogP contribution in [0.25, 0.3) is 5.70 Å². The summed E-state index contributed by atoms with van der Waals surface area (Å²) in [5, 5.41) is 7.11. The number of hydrogen-bond donors (Lipinski definition) is 3. The molecule has 5 rings (SSSR count). The third kappa shape index (κ3) is 5.58. The molecule has 0 radical (unpaired) electrons. The van der Waals surface area contributed by atoms with Crippen LogP contribution in [0.4, 0.5) is 11.4 Å². The van der Waals surface area contributed by atoms with Crippen molar-refractivity contribution in [3.8, 4) is 0 Å². The largest absolute Gasteiger partial charge is 0.373 e. The molecule has 3 aliphatic heterocycles. The second kappa shape index (κ2) is 11.7. The van der Waals surface area contributed by atoms with Crippen LogP contribution in [0.3, 0.4) is 0 Å². The van der Waals surface area contributed by atoms with Crippen molar-refractivity contribution in [2.75, 3.05) is 63.1 Å². The van der Waals surface area contributed by atoms with Gasteiger partial charge >= 0.3 is 0 Å². The summed E-state index contributed by atoms with van der Waals surface area (Å²) in [6, 6.07) is 11.7. The van der Waals surface area contributed by atoms with Gasteiger partial charge in [0, 0.05) is 74.0 Å². The zero-order valence-corrected chi connectivity index (χ0v) is 23.5. The molecule has 1 aromatic carbocycles. The Bertz CT molecular complexity index is 1040. The SMILES string of the molecule is C=C(C(C)N)N1CCN(c2ccc(C3C=C(N4CC(CNC)C4)c4sc(C)cc4N3)cc2)CC1.CC. The van der Waals surface area contributed by atoms with Gasteiger partial charge in [-0.3, -0.25) is 0 Å². The van der Waals surface area contributed by atoms with Gasteiger partial charge in [-0.15, -0.1) is 11.3 Å². The topological polar surface area (TPSA) is 59.8 Å². The normalized spacial score (nSPS) is 20.4. The summed E-state index contributed by atoms with van der Waals surface area (Å²) in [6.07, 6.45) is 2.43. The summed E-state index contributed by atoms with van der Waals surface area (Å²) in [6.45, 7) is 19.7. The highest BCUT2D eigenvalue weighted by Crippen LogP contribution is 2.43. The molecule has 0 amide bonds. The zero-order valence-electron chi connectivity index (χ0n) is 22.7. The lowest BCUT2D eigenvalue weighted by molar-refractivity contribution is 0.173. The van der Waals surface area contributed by atoms with Gasteiger partial charge in [0.25, 0.3) is 0 Å². The minimum atomic E-state index is 0.0183. The first-order valence-corrected chi connectivity index (χ1v) is 14.3. The highest BCUT2D eigenvalue weighted by molar-refractivity contribution is 7.13. The maximum absolute atomic E-state index is 6.02. The molecule has 0 spiro atoms. The van der Waals surface area contributed by atoms with Crippen molar-refractivity contribution in [1.82, 2.24) is 15.1 Å². The fraction of sp³-hybridized carbons (Fsp3) is 0.517. The zero-order chi connectivity index (χ0) is 25.8. The number of nitrogens with zero attached hydrogens (tertiary/aromatic N) is 3. The number of hydrogen-bond acceptors (Lipinski definition) is 7. The number of rotatable bonds is 7. The maximum atomic E-state index is 6.02. The predicted molar refractivity (Wildman–Crippen MR) is 157 cm³/mol. The van der Waals surface area contributed by atoms with E-state index >= 15 is 0 Å². The van der Waals surface area contributed by atoms with E-state index in [2.05, 4.69) is 75.2 Å². The van der Waals surface area contributed by atoms with Gasteiger partial charge in [0.15, 0.2) is 0 Å². The summed E-state index contributed by atoms with van der Waals surface area (Å²) in [5.74, 6) is 0.744. The molecule has 6 nitrogen and oxygen atoms in total. The van der Waals surface area contributed by atoms with Gasteiger partial charge in [-0.2, -0.15) is 0 Å². The Hall–Kier alpha value is -2.48. The molecule has 36 heavy (non-hydrogen) atoms. The number of nitrogens with one attached hydrogen (secondary N) is 2. The van der Waals surface area contributed by atoms with Crippen LogP contribution in [-0.2, 0) is 0 Å². The Kier molecular flexibility index (Phi) is 8.65. The van der Waals surface area contributed by atoms with Gasteiger partial charge in [-0.05, 0) is 50.7 Å². The highest BCUT2D eigenvalue weighted by atomic mass is 32.1. The van der Waals surface area contributed by atoms with E-state index in [0.29, 0.717) is 0 Å². The smallest absolute Gasteiger partial charge is 0.0736 e. The number of likely N-dealkylation sites (tertiary alicyclic amines) is 1. The van der Waals surface area contributed by atoms with E-state index in [4.69, 9.17) is 5.73 Å². The molecule has 2 atom stereocenters. The molecule has 2 unspecified atom stereocenters. The van der Waals surface area contributed by atoms with Crippen molar-refractivity contribution in [1.29, 1.82) is 0 Å². The van der Waals surface area contributed by atoms with Crippen molar-refractivity contribution >= 4 is 28.4 Å². The number of aryl methyl sites for hydroxylation is 1. The fourth-order valence-electron chi connectivity index (χ4n) is 5.30. The fourth-order valence-corrected chi connectivity index (χ4v) is 6.33. The quantitative estimate of drug-likeness (QED) is 0.503. The van der Waals surface area contributed by atoms with Crippen LogP contribution in [0.15, 0.2) is 48.7 Å². The summed E-state index contributed by atoms with van der Waals surface area (Å²) in [7, 11) is 2.05. The second-order valence-corrected chi connectivity index (χ2v) is 11.2. The van der Waals surface area contributed by atoms with E-state index in [9.17, 15) is 0 Å². The minimum absolute atomic E-state index is 0.0183. The van der Waals surface area contributed by atoms with Gasteiger partial charge in [-0.1, -0.05) is 32.6 Å². The lowest BCUT2D eigenvalue weighted by Crippen LogP contribution is -2.49. The van der Waals surface area contributed by atoms with Crippen molar-refractivity contribution in [2.24, 2.45) is 11.7 Å². The molecule has 3 aliphatic rings. The molecule has 0 aliphatic carbocycles. The van der Waals surface area contributed by atoms with E-state index < -0.39 is 0 Å². The van der Waals surface area contributed by atoms with Gasteiger partial charge in [0.1, 0.15) is 0 Å². The number of fused-ring (bicyclic) bond motifs is 1. The van der Waals surface area contributed by atoms with Gasteiger partial charge in [-0.25, -0.2) is 0 Å². The Morgan fingerprint density at radius 2 is 1.81 bits per heavy atom. The third-order valence-electron chi connectivity index (χ3n) is 7.34. The Balaban J connectivity index is 0.00000148. The number of nitrogens with two attached hydrogens (primary N) is 1. The predicted octanol–water partition coefficient (Wildman–Crippen LogP) is 4.72. The van der Waals surface area contributed by atoms with Gasteiger partial charge in [0.2, 0.25) is 0 Å². The molecule has 196 valence electrons. The summed E-state index contributed by atoms with van der Waals surface area (Å²) in [5.41, 5.74) is 12.3. The number of thiophene rings is 1. The maximum Gasteiger partial charge on any atom is 0.0736 e. The van der Waals surface area contributed by atoms with Crippen molar-refractivity contribution < 1.29 is 0 Å². The molecule has 2 fully saturated rings. The molecule has 2 aromatic rings. The van der Waals surface area contributed by atoms with Crippen LogP contribution in [0.1, 0.15) is 42.1 Å². The molecule has 7 heteroatoms. The molecule has 4 N–H and O–H groups in total. The Morgan fingerprint density at radius 1 is 1.14 bits per heavy atom. The molecule has 0 saturated carbocycles. The van der Waals surface area contributed by atoms with Crippen molar-refractivity contribution in [3.05, 3.63) is 64.0 Å². The number of piperazine rings is 1. The van der Waals surface area contributed by atoms with E-state index in [1.807, 2.05) is 39.2 Å². The van der Waals surface area contributed by atoms with E-state index in [-0.39, 0.29) is 12.1 Å². The average molecular weight is 509 g/mol. The first-order valence-electron chi connectivity index (χ1n) is 13.5. The molecule has 1 aromatic heterocycles. The summed E-state index contributed by atoms with van der Waals surface area (Å²) < 4.78 is 0. The monoisotopic (exact) mass is 508 g/mol. The van der Waals surface area contributed by atoms with Crippen LogP contribution >= 0.6 is 11.3 Å². The second-order valence-electron chi connectivity index (χ2n) is 9.95. The Morgan fingerprint density at radius 3 is 2.42 bits per heavy atom. The van der Waals surface area contributed by atoms with Crippen LogP contribution in [-0.4, -0.2) is 68.7 Å². The van der Waals surface area contributed by atoms with Crippen molar-refractivity contribution in [2.45, 2.75) is 39.8 Å². The van der Waals surface area contributed by atoms with Gasteiger partial charge < -0.3 is 31.1 Å². The van der Waals surface area contributed by atoms with E-state index in [0.717, 1.165) is 57.4 Å². The third-order valence-corrected chi connectivity index (χ3v) is 8.42. The van der Waals surface area contributed by atoms with Crippen LogP contribution < -0.4 is 21.3 Å². The molecular formula is C29H44N6S. The standard InChI is InChI=1S/C27H38N6S.C2H6/c1-18-13-25-27(34-18)26(33-16-21(17-33)15-29-4)14-24(30-25)22-5-7-23(8-6-22)32-11-9-31(10-12-32)20(3)19(2)28;1-2/h5-8,13-14,19,21,24,29-30H,3,9-12,15-17,28H2,1-2,4H3;1-2H3. The number of benzene rings is 1. The van der Waals surface area contributed by atoms with Crippen LogP contribution in [0.2, 0.25) is 0 Å². The average Bonchev–Trinajstić information content (AvgIpc) is 3.26. The first-order chi connectivity index (χ1) is 17.4. The highest BCUT2D eigenvalue weighted by Gasteiger charge is 2.33. The molecule has 4 heterocycles. The molecule has 2 saturated heterocycles. The lowest BCUT2D eigenvalue weighted by atomic mass is 9.95. The number of anilines is 2. The minimum Gasteiger partial charge on any atom is -0.373 e. The Labute approximate surface area is 221 Å². The molecule has 0 bridgehead atoms. The van der Waals surface area contributed by atoms with E-state index in [1.165, 1.54) is 32.4 Å². The summed E-state index contributed by atoms with van der Waals surface area (Å²) >= 11 is 1.90. The van der Waals surface area contributed by atoms with Crippen LogP contribution in [0.5, 0.6) is 0 Å². The van der Waals surface area contributed by atoms with E-state index in [1.54, 1.807) is 0 Å². The van der Waals surface area contributed by atoms with Crippen molar-refractivity contribution in [3.63, 3.8) is 0 Å².